The van der Waals surface area contributed by atoms with E-state index in [1.54, 1.807) is 0 Å². The van der Waals surface area contributed by atoms with E-state index in [9.17, 15) is 5.11 Å². The molecule has 2 aromatic rings. The largest absolute Gasteiger partial charge is 0.396 e. The Labute approximate surface area is 131 Å². The van der Waals surface area contributed by atoms with Gasteiger partial charge in [0, 0.05) is 29.6 Å². The normalized spacial score (nSPS) is 16.9. The summed E-state index contributed by atoms with van der Waals surface area (Å²) in [6.07, 6.45) is 2.04. The highest BCUT2D eigenvalue weighted by molar-refractivity contribution is 9.10. The molecule has 1 aromatic carbocycles. The van der Waals surface area contributed by atoms with Gasteiger partial charge in [0.05, 0.1) is 10.5 Å². The van der Waals surface area contributed by atoms with E-state index in [1.165, 1.54) is 0 Å². The Balaban J connectivity index is 1.90. The lowest BCUT2D eigenvalue weighted by atomic mass is 9.98. The van der Waals surface area contributed by atoms with E-state index in [2.05, 4.69) is 26.9 Å². The smallest absolute Gasteiger partial charge is 0.129 e. The van der Waals surface area contributed by atoms with Gasteiger partial charge in [0.2, 0.25) is 0 Å². The summed E-state index contributed by atoms with van der Waals surface area (Å²) in [6, 6.07) is 8.01. The zero-order chi connectivity index (χ0) is 14.1. The number of hydrogen-bond acceptors (Lipinski definition) is 3. The number of nitrogens with zero attached hydrogens (tertiary/aromatic N) is 2. The fraction of sp³-hybridized carbons (Fsp3) is 0.400. The second-order valence-corrected chi connectivity index (χ2v) is 6.56. The van der Waals surface area contributed by atoms with Gasteiger partial charge in [-0.3, -0.25) is 0 Å². The Kier molecular flexibility index (Phi) is 4.15. The molecule has 2 heterocycles. The summed E-state index contributed by atoms with van der Waals surface area (Å²) in [5, 5.41) is 10.9. The van der Waals surface area contributed by atoms with E-state index in [-0.39, 0.29) is 0 Å². The first-order valence-electron chi connectivity index (χ1n) is 6.79. The molecule has 1 saturated heterocycles. The van der Waals surface area contributed by atoms with E-state index in [0.29, 0.717) is 17.5 Å². The quantitative estimate of drug-likeness (QED) is 0.888. The minimum atomic E-state index is 0.291. The maximum atomic E-state index is 9.20. The lowest BCUT2D eigenvalue weighted by Gasteiger charge is -2.32. The highest BCUT2D eigenvalue weighted by Gasteiger charge is 2.19. The van der Waals surface area contributed by atoms with Crippen LogP contribution in [0.25, 0.3) is 10.9 Å². The molecule has 0 bridgehead atoms. The van der Waals surface area contributed by atoms with Crippen molar-refractivity contribution in [3.05, 3.63) is 33.8 Å². The molecule has 1 aliphatic rings. The number of hydrogen-bond donors (Lipinski definition) is 1. The topological polar surface area (TPSA) is 36.4 Å². The SMILES string of the molecule is OCC1CCN(c2ccc3cc(Br)cc(Cl)c3n2)CC1. The van der Waals surface area contributed by atoms with Crippen LogP contribution in [0.15, 0.2) is 28.7 Å². The summed E-state index contributed by atoms with van der Waals surface area (Å²) in [6.45, 7) is 2.18. The highest BCUT2D eigenvalue weighted by Crippen LogP contribution is 2.29. The van der Waals surface area contributed by atoms with Crippen LogP contribution in [-0.2, 0) is 0 Å². The first-order valence-corrected chi connectivity index (χ1v) is 7.96. The van der Waals surface area contributed by atoms with Crippen molar-refractivity contribution in [2.75, 3.05) is 24.6 Å². The van der Waals surface area contributed by atoms with E-state index >= 15 is 0 Å². The molecule has 0 radical (unpaired) electrons. The minimum Gasteiger partial charge on any atom is -0.396 e. The number of piperidine rings is 1. The molecule has 0 atom stereocenters. The maximum Gasteiger partial charge on any atom is 0.129 e. The molecule has 20 heavy (non-hydrogen) atoms. The number of pyridine rings is 1. The van der Waals surface area contributed by atoms with Crippen molar-refractivity contribution in [3.63, 3.8) is 0 Å². The average Bonchev–Trinajstić information content (AvgIpc) is 2.47. The van der Waals surface area contributed by atoms with Crippen molar-refractivity contribution >= 4 is 44.3 Å². The molecule has 0 aliphatic carbocycles. The van der Waals surface area contributed by atoms with Crippen LogP contribution in [0.2, 0.25) is 5.02 Å². The van der Waals surface area contributed by atoms with E-state index < -0.39 is 0 Å². The van der Waals surface area contributed by atoms with Gasteiger partial charge in [0.1, 0.15) is 5.82 Å². The van der Waals surface area contributed by atoms with Crippen LogP contribution < -0.4 is 4.90 Å². The van der Waals surface area contributed by atoms with Crippen molar-refractivity contribution in [1.82, 2.24) is 4.98 Å². The third-order valence-electron chi connectivity index (χ3n) is 3.89. The molecular weight excluding hydrogens is 340 g/mol. The monoisotopic (exact) mass is 354 g/mol. The third kappa shape index (κ3) is 2.78. The molecule has 3 rings (SSSR count). The Morgan fingerprint density at radius 1 is 1.30 bits per heavy atom. The van der Waals surface area contributed by atoms with Crippen LogP contribution >= 0.6 is 27.5 Å². The molecule has 106 valence electrons. The first kappa shape index (κ1) is 14.1. The van der Waals surface area contributed by atoms with E-state index in [4.69, 9.17) is 16.6 Å². The minimum absolute atomic E-state index is 0.291. The standard InChI is InChI=1S/C15H16BrClN2O/c16-12-7-11-1-2-14(18-15(11)13(17)8-12)19-5-3-10(9-20)4-6-19/h1-2,7-8,10,20H,3-6,9H2. The number of aliphatic hydroxyl groups excluding tert-OH is 1. The van der Waals surface area contributed by atoms with Crippen molar-refractivity contribution in [1.29, 1.82) is 0 Å². The van der Waals surface area contributed by atoms with Gasteiger partial charge < -0.3 is 10.0 Å². The summed E-state index contributed by atoms with van der Waals surface area (Å²) < 4.78 is 0.966. The second-order valence-electron chi connectivity index (χ2n) is 5.24. The van der Waals surface area contributed by atoms with E-state index in [0.717, 1.165) is 47.1 Å². The number of rotatable bonds is 2. The Morgan fingerprint density at radius 2 is 2.05 bits per heavy atom. The summed E-state index contributed by atoms with van der Waals surface area (Å²) in [5.74, 6) is 1.41. The van der Waals surface area contributed by atoms with Crippen LogP contribution in [0.4, 0.5) is 5.82 Å². The molecule has 3 nitrogen and oxygen atoms in total. The number of aliphatic hydroxyl groups is 1. The van der Waals surface area contributed by atoms with Crippen LogP contribution in [0.5, 0.6) is 0 Å². The van der Waals surface area contributed by atoms with Gasteiger partial charge in [0.15, 0.2) is 0 Å². The Morgan fingerprint density at radius 3 is 2.75 bits per heavy atom. The number of fused-ring (bicyclic) bond motifs is 1. The molecular formula is C15H16BrClN2O. The molecule has 1 aliphatic heterocycles. The maximum absolute atomic E-state index is 9.20. The summed E-state index contributed by atoms with van der Waals surface area (Å²) >= 11 is 9.72. The first-order chi connectivity index (χ1) is 9.67. The average molecular weight is 356 g/mol. The number of halogens is 2. The van der Waals surface area contributed by atoms with E-state index in [1.807, 2.05) is 18.2 Å². The predicted octanol–water partition coefficient (Wildman–Crippen LogP) is 3.86. The lowest BCUT2D eigenvalue weighted by Crippen LogP contribution is -2.35. The number of benzene rings is 1. The van der Waals surface area contributed by atoms with Crippen LogP contribution in [0, 0.1) is 5.92 Å². The molecule has 0 unspecified atom stereocenters. The van der Waals surface area contributed by atoms with Crippen LogP contribution in [0.1, 0.15) is 12.8 Å². The van der Waals surface area contributed by atoms with Gasteiger partial charge in [-0.1, -0.05) is 27.5 Å². The Hall–Kier alpha value is -0.840. The predicted molar refractivity (Wildman–Crippen MR) is 86.5 cm³/mol. The van der Waals surface area contributed by atoms with Gasteiger partial charge in [-0.05, 0) is 43.0 Å². The molecule has 5 heteroatoms. The second kappa shape index (κ2) is 5.88. The van der Waals surface area contributed by atoms with Gasteiger partial charge in [0.25, 0.3) is 0 Å². The molecule has 0 amide bonds. The van der Waals surface area contributed by atoms with Crippen molar-refractivity contribution in [2.45, 2.75) is 12.8 Å². The molecule has 1 N–H and O–H groups in total. The fourth-order valence-corrected chi connectivity index (χ4v) is 3.54. The van der Waals surface area contributed by atoms with Crippen LogP contribution in [0.3, 0.4) is 0 Å². The third-order valence-corrected chi connectivity index (χ3v) is 4.64. The zero-order valence-corrected chi connectivity index (χ0v) is 13.4. The number of anilines is 1. The molecule has 0 saturated carbocycles. The van der Waals surface area contributed by atoms with Gasteiger partial charge in [-0.25, -0.2) is 4.98 Å². The number of aromatic nitrogens is 1. The molecule has 1 fully saturated rings. The van der Waals surface area contributed by atoms with Gasteiger partial charge in [-0.2, -0.15) is 0 Å². The van der Waals surface area contributed by atoms with Crippen molar-refractivity contribution in [3.8, 4) is 0 Å². The highest BCUT2D eigenvalue weighted by atomic mass is 79.9. The molecule has 0 spiro atoms. The van der Waals surface area contributed by atoms with Crippen molar-refractivity contribution in [2.24, 2.45) is 5.92 Å². The summed E-state index contributed by atoms with van der Waals surface area (Å²) in [7, 11) is 0. The zero-order valence-electron chi connectivity index (χ0n) is 11.0. The Bertz CT molecular complexity index is 627. The van der Waals surface area contributed by atoms with Crippen LogP contribution in [-0.4, -0.2) is 29.8 Å². The molecule has 1 aromatic heterocycles. The fourth-order valence-electron chi connectivity index (χ4n) is 2.67. The van der Waals surface area contributed by atoms with Crippen molar-refractivity contribution < 1.29 is 5.11 Å². The van der Waals surface area contributed by atoms with Gasteiger partial charge in [-0.15, -0.1) is 0 Å². The summed E-state index contributed by atoms with van der Waals surface area (Å²) in [5.41, 5.74) is 0.844. The van der Waals surface area contributed by atoms with Gasteiger partial charge >= 0.3 is 0 Å². The lowest BCUT2D eigenvalue weighted by molar-refractivity contribution is 0.203. The summed E-state index contributed by atoms with van der Waals surface area (Å²) in [4.78, 5) is 6.97.